The molecule has 0 aliphatic carbocycles. The maximum absolute atomic E-state index is 13.0. The van der Waals surface area contributed by atoms with Gasteiger partial charge in [0, 0.05) is 18.8 Å². The van der Waals surface area contributed by atoms with Crippen LogP contribution in [0.4, 0.5) is 18.3 Å². The molecule has 0 radical (unpaired) electrons. The molecule has 0 aliphatic rings. The molecule has 0 spiro atoms. The van der Waals surface area contributed by atoms with Crippen molar-refractivity contribution in [1.82, 2.24) is 9.97 Å². The average Bonchev–Trinajstić information content (AvgIpc) is 3.36. The second-order valence-electron chi connectivity index (χ2n) is 7.13. The van der Waals surface area contributed by atoms with Crippen LogP contribution in [0.15, 0.2) is 51.8 Å². The number of aromatic amines is 1. The number of benzene rings is 2. The molecule has 2 heterocycles. The van der Waals surface area contributed by atoms with Gasteiger partial charge in [0.05, 0.1) is 23.1 Å². The third-order valence-corrected chi connectivity index (χ3v) is 5.80. The van der Waals surface area contributed by atoms with Gasteiger partial charge in [-0.1, -0.05) is 23.5 Å². The number of H-pyrrole nitrogens is 1. The summed E-state index contributed by atoms with van der Waals surface area (Å²) < 4.78 is 49.0. The molecule has 0 saturated carbocycles. The highest BCUT2D eigenvalue weighted by Gasteiger charge is 2.34. The maximum Gasteiger partial charge on any atom is 0.419 e. The van der Waals surface area contributed by atoms with Crippen LogP contribution in [-0.4, -0.2) is 29.7 Å². The Kier molecular flexibility index (Phi) is 5.94. The van der Waals surface area contributed by atoms with Crippen molar-refractivity contribution < 1.29 is 22.3 Å². The maximum atomic E-state index is 13.0. The minimum absolute atomic E-state index is 0.227. The predicted octanol–water partition coefficient (Wildman–Crippen LogP) is 4.25. The van der Waals surface area contributed by atoms with E-state index in [4.69, 9.17) is 14.9 Å². The molecule has 4 rings (SSSR count). The molecule has 4 aromatic rings. The number of alkyl halides is 3. The van der Waals surface area contributed by atoms with Gasteiger partial charge in [0.2, 0.25) is 0 Å². The number of nitrogens with two attached hydrogens (primary N) is 1. The first-order valence-corrected chi connectivity index (χ1v) is 10.4. The van der Waals surface area contributed by atoms with Gasteiger partial charge in [0.1, 0.15) is 5.75 Å². The molecule has 2 aromatic heterocycles. The van der Waals surface area contributed by atoms with E-state index in [1.54, 1.807) is 18.3 Å². The van der Waals surface area contributed by atoms with Crippen molar-refractivity contribution >= 4 is 27.6 Å². The molecule has 32 heavy (non-hydrogen) atoms. The van der Waals surface area contributed by atoms with E-state index in [2.05, 4.69) is 15.3 Å². The van der Waals surface area contributed by atoms with E-state index in [-0.39, 0.29) is 11.8 Å². The van der Waals surface area contributed by atoms with Gasteiger partial charge in [-0.15, -0.1) is 0 Å². The second kappa shape index (κ2) is 8.67. The topological polar surface area (TPSA) is 106 Å². The number of aromatic nitrogens is 2. The fourth-order valence-electron chi connectivity index (χ4n) is 3.28. The van der Waals surface area contributed by atoms with Crippen molar-refractivity contribution in [3.8, 4) is 16.2 Å². The number of fused-ring (bicyclic) bond motifs is 1. The number of nitrogens with one attached hydrogen (secondary N) is 2. The molecular formula is C21H19F3N4O3S. The van der Waals surface area contributed by atoms with Crippen molar-refractivity contribution in [2.24, 2.45) is 5.73 Å². The van der Waals surface area contributed by atoms with Crippen LogP contribution in [0.25, 0.3) is 21.5 Å². The molecule has 0 aliphatic heterocycles. The van der Waals surface area contributed by atoms with E-state index in [1.807, 2.05) is 6.07 Å². The van der Waals surface area contributed by atoms with Crippen molar-refractivity contribution in [2.45, 2.75) is 18.6 Å². The molecule has 7 nitrogen and oxygen atoms in total. The summed E-state index contributed by atoms with van der Waals surface area (Å²) in [6.45, 7) is 0.377. The highest BCUT2D eigenvalue weighted by Crippen LogP contribution is 2.36. The summed E-state index contributed by atoms with van der Waals surface area (Å²) in [4.78, 5) is 19.1. The van der Waals surface area contributed by atoms with Crippen LogP contribution < -0.4 is 21.5 Å². The summed E-state index contributed by atoms with van der Waals surface area (Å²) in [6.07, 6.45) is -2.42. The Morgan fingerprint density at radius 1 is 1.28 bits per heavy atom. The fraction of sp³-hybridized carbons (Fsp3) is 0.238. The zero-order chi connectivity index (χ0) is 22.9. The standard InChI is InChI=1S/C21H19F3N4O3S/c1-30-16-7-11(2-4-14(16)21(22,23)24)6-13(25)9-26-19-27-10-18(32-19)12-3-5-15-17(8-12)31-20(29)28-15/h2-5,7-8,10,13H,6,9,25H2,1H3,(H,26,27)(H,28,29). The van der Waals surface area contributed by atoms with Crippen molar-refractivity contribution in [3.63, 3.8) is 0 Å². The second-order valence-corrected chi connectivity index (χ2v) is 8.16. The van der Waals surface area contributed by atoms with Gasteiger partial charge in [0.15, 0.2) is 10.7 Å². The first-order valence-electron chi connectivity index (χ1n) is 9.55. The van der Waals surface area contributed by atoms with Crippen molar-refractivity contribution in [3.05, 3.63) is 64.3 Å². The minimum Gasteiger partial charge on any atom is -0.496 e. The largest absolute Gasteiger partial charge is 0.496 e. The van der Waals surface area contributed by atoms with Crippen LogP contribution in [0.3, 0.4) is 0 Å². The van der Waals surface area contributed by atoms with E-state index in [0.29, 0.717) is 34.8 Å². The van der Waals surface area contributed by atoms with Gasteiger partial charge >= 0.3 is 11.9 Å². The lowest BCUT2D eigenvalue weighted by Gasteiger charge is -2.16. The Morgan fingerprint density at radius 2 is 2.09 bits per heavy atom. The molecule has 1 atom stereocenters. The number of rotatable bonds is 7. The summed E-state index contributed by atoms with van der Waals surface area (Å²) in [7, 11) is 1.21. The minimum atomic E-state index is -4.48. The number of ether oxygens (including phenoxy) is 1. The van der Waals surface area contributed by atoms with E-state index in [1.165, 1.54) is 30.6 Å². The van der Waals surface area contributed by atoms with E-state index in [9.17, 15) is 18.0 Å². The Labute approximate surface area is 184 Å². The lowest BCUT2D eigenvalue weighted by atomic mass is 10.0. The Morgan fingerprint density at radius 3 is 2.84 bits per heavy atom. The summed E-state index contributed by atoms with van der Waals surface area (Å²) in [5.41, 5.74) is 7.92. The third-order valence-electron chi connectivity index (χ3n) is 4.80. The molecule has 2 aromatic carbocycles. The molecule has 0 amide bonds. The number of halogens is 3. The monoisotopic (exact) mass is 464 g/mol. The number of anilines is 1. The predicted molar refractivity (Wildman–Crippen MR) is 116 cm³/mol. The Bertz CT molecular complexity index is 1300. The molecule has 168 valence electrons. The first-order chi connectivity index (χ1) is 15.2. The van der Waals surface area contributed by atoms with Crippen LogP contribution in [0.1, 0.15) is 11.1 Å². The third kappa shape index (κ3) is 4.78. The number of nitrogens with zero attached hydrogens (tertiary/aromatic N) is 1. The van der Waals surface area contributed by atoms with Crippen LogP contribution >= 0.6 is 11.3 Å². The number of hydrogen-bond acceptors (Lipinski definition) is 7. The molecule has 1 unspecified atom stereocenters. The highest BCUT2D eigenvalue weighted by atomic mass is 32.1. The van der Waals surface area contributed by atoms with E-state index < -0.39 is 17.5 Å². The summed E-state index contributed by atoms with van der Waals surface area (Å²) in [6, 6.07) is 8.79. The van der Waals surface area contributed by atoms with Crippen LogP contribution in [0.5, 0.6) is 5.75 Å². The average molecular weight is 464 g/mol. The van der Waals surface area contributed by atoms with Gasteiger partial charge in [-0.2, -0.15) is 13.2 Å². The molecule has 4 N–H and O–H groups in total. The van der Waals surface area contributed by atoms with E-state index in [0.717, 1.165) is 16.5 Å². The van der Waals surface area contributed by atoms with Crippen LogP contribution in [0.2, 0.25) is 0 Å². The number of oxazole rings is 1. The Balaban J connectivity index is 1.39. The smallest absolute Gasteiger partial charge is 0.419 e. The van der Waals surface area contributed by atoms with Gasteiger partial charge in [-0.25, -0.2) is 9.78 Å². The van der Waals surface area contributed by atoms with Crippen molar-refractivity contribution in [2.75, 3.05) is 19.0 Å². The zero-order valence-corrected chi connectivity index (χ0v) is 17.6. The lowest BCUT2D eigenvalue weighted by molar-refractivity contribution is -0.138. The molecule has 0 saturated heterocycles. The first kappa shape index (κ1) is 21.9. The molecule has 11 heteroatoms. The number of hydrogen-bond donors (Lipinski definition) is 3. The summed E-state index contributed by atoms with van der Waals surface area (Å²) >= 11 is 1.41. The molecular weight excluding hydrogens is 445 g/mol. The van der Waals surface area contributed by atoms with Gasteiger partial charge < -0.3 is 20.2 Å². The number of thiazole rings is 1. The highest BCUT2D eigenvalue weighted by molar-refractivity contribution is 7.18. The normalized spacial score (nSPS) is 12.8. The van der Waals surface area contributed by atoms with Gasteiger partial charge in [-0.3, -0.25) is 4.98 Å². The molecule has 0 bridgehead atoms. The zero-order valence-electron chi connectivity index (χ0n) is 16.8. The summed E-state index contributed by atoms with van der Waals surface area (Å²) in [5.74, 6) is -0.738. The quantitative estimate of drug-likeness (QED) is 0.378. The van der Waals surface area contributed by atoms with Crippen LogP contribution in [0, 0.1) is 0 Å². The van der Waals surface area contributed by atoms with Crippen molar-refractivity contribution in [1.29, 1.82) is 0 Å². The van der Waals surface area contributed by atoms with E-state index >= 15 is 0 Å². The SMILES string of the molecule is COc1cc(CC(N)CNc2ncc(-c3ccc4[nH]c(=O)oc4c3)s2)ccc1C(F)(F)F. The lowest BCUT2D eigenvalue weighted by Crippen LogP contribution is -2.31. The Hall–Kier alpha value is -3.31. The van der Waals surface area contributed by atoms with Gasteiger partial charge in [0.25, 0.3) is 0 Å². The van der Waals surface area contributed by atoms with Crippen LogP contribution in [-0.2, 0) is 12.6 Å². The fourth-order valence-corrected chi connectivity index (χ4v) is 4.10. The molecule has 0 fully saturated rings. The summed E-state index contributed by atoms with van der Waals surface area (Å²) in [5, 5.41) is 3.80. The number of methoxy groups -OCH3 is 1. The van der Waals surface area contributed by atoms with Gasteiger partial charge in [-0.05, 0) is 41.8 Å².